The lowest BCUT2D eigenvalue weighted by Crippen LogP contribution is -2.10. The van der Waals surface area contributed by atoms with Crippen molar-refractivity contribution in [2.75, 3.05) is 5.32 Å². The largest absolute Gasteiger partial charge is 0.326 e. The lowest BCUT2D eigenvalue weighted by Gasteiger charge is -2.19. The molecule has 2 rings (SSSR count). The maximum Gasteiger partial charge on any atom is 0.207 e. The summed E-state index contributed by atoms with van der Waals surface area (Å²) in [6.07, 6.45) is 5.67. The number of para-hydroxylation sites is 1. The van der Waals surface area contributed by atoms with E-state index in [0.717, 1.165) is 23.8 Å². The Morgan fingerprint density at radius 1 is 1.21 bits per heavy atom. The number of aryl methyl sites for hydroxylation is 1. The van der Waals surface area contributed by atoms with Crippen molar-refractivity contribution >= 4 is 11.6 Å². The minimum absolute atomic E-state index is 0.525. The first-order valence-electron chi connectivity index (χ1n) is 7.12. The van der Waals surface area contributed by atoms with Crippen LogP contribution in [-0.2, 0) is 0 Å². The number of benzene rings is 1. The highest BCUT2D eigenvalue weighted by atomic mass is 15.2. The van der Waals surface area contributed by atoms with Crippen molar-refractivity contribution in [3.8, 4) is 0 Å². The second kappa shape index (κ2) is 6.41. The Bertz CT molecular complexity index is 502. The van der Waals surface area contributed by atoms with Gasteiger partial charge in [-0.25, -0.2) is 4.98 Å². The molecule has 19 heavy (non-hydrogen) atoms. The number of nitrogens with one attached hydrogen (secondary N) is 1. The van der Waals surface area contributed by atoms with Crippen LogP contribution in [-0.4, -0.2) is 9.55 Å². The van der Waals surface area contributed by atoms with E-state index in [0.29, 0.717) is 6.04 Å². The van der Waals surface area contributed by atoms with Crippen molar-refractivity contribution in [1.82, 2.24) is 9.55 Å². The molecule has 0 radical (unpaired) electrons. The molecule has 0 amide bonds. The van der Waals surface area contributed by atoms with Gasteiger partial charge >= 0.3 is 0 Å². The van der Waals surface area contributed by atoms with Gasteiger partial charge in [0.25, 0.3) is 0 Å². The van der Waals surface area contributed by atoms with Gasteiger partial charge in [0.2, 0.25) is 5.95 Å². The van der Waals surface area contributed by atoms with Gasteiger partial charge in [-0.05, 0) is 31.9 Å². The fraction of sp³-hybridized carbons (Fsp3) is 0.438. The molecule has 1 atom stereocenters. The fourth-order valence-electron chi connectivity index (χ4n) is 2.41. The molecule has 0 aliphatic heterocycles. The van der Waals surface area contributed by atoms with E-state index in [2.05, 4.69) is 47.0 Å². The van der Waals surface area contributed by atoms with Gasteiger partial charge in [0.15, 0.2) is 0 Å². The van der Waals surface area contributed by atoms with Gasteiger partial charge in [-0.15, -0.1) is 0 Å². The maximum atomic E-state index is 4.61. The highest BCUT2D eigenvalue weighted by Crippen LogP contribution is 2.25. The lowest BCUT2D eigenvalue weighted by atomic mass is 10.1. The summed E-state index contributed by atoms with van der Waals surface area (Å²) in [4.78, 5) is 4.61. The maximum absolute atomic E-state index is 4.61. The number of hydrogen-bond donors (Lipinski definition) is 1. The third-order valence-corrected chi connectivity index (χ3v) is 3.37. The summed E-state index contributed by atoms with van der Waals surface area (Å²) in [6, 6.07) is 10.7. The zero-order valence-electron chi connectivity index (χ0n) is 12.1. The van der Waals surface area contributed by atoms with Crippen LogP contribution in [0.2, 0.25) is 0 Å². The Morgan fingerprint density at radius 2 is 1.95 bits per heavy atom. The van der Waals surface area contributed by atoms with Crippen molar-refractivity contribution in [2.24, 2.45) is 0 Å². The van der Waals surface area contributed by atoms with E-state index in [4.69, 9.17) is 0 Å². The molecule has 102 valence electrons. The molecule has 1 heterocycles. The Kier molecular flexibility index (Phi) is 4.61. The van der Waals surface area contributed by atoms with Gasteiger partial charge in [-0.2, -0.15) is 0 Å². The first-order valence-corrected chi connectivity index (χ1v) is 7.12. The number of rotatable bonds is 6. The number of nitrogens with zero attached hydrogens (tertiary/aromatic N) is 2. The lowest BCUT2D eigenvalue weighted by molar-refractivity contribution is 0.452. The third kappa shape index (κ3) is 3.37. The molecule has 2 aromatic rings. The van der Waals surface area contributed by atoms with E-state index in [-0.39, 0.29) is 0 Å². The molecule has 0 aliphatic carbocycles. The van der Waals surface area contributed by atoms with Crippen molar-refractivity contribution in [2.45, 2.75) is 46.1 Å². The van der Waals surface area contributed by atoms with E-state index >= 15 is 0 Å². The second-order valence-corrected chi connectivity index (χ2v) is 4.95. The van der Waals surface area contributed by atoms with Crippen molar-refractivity contribution < 1.29 is 0 Å². The average molecular weight is 257 g/mol. The molecule has 1 unspecified atom stereocenters. The van der Waals surface area contributed by atoms with Crippen LogP contribution in [0, 0.1) is 6.92 Å². The Balaban J connectivity index is 2.25. The molecule has 1 aromatic carbocycles. The van der Waals surface area contributed by atoms with Crippen LogP contribution in [0.15, 0.2) is 36.5 Å². The molecule has 0 saturated heterocycles. The van der Waals surface area contributed by atoms with Crippen LogP contribution in [0.4, 0.5) is 11.6 Å². The predicted molar refractivity (Wildman–Crippen MR) is 80.9 cm³/mol. The molecule has 0 aliphatic rings. The topological polar surface area (TPSA) is 29.9 Å². The molecule has 0 fully saturated rings. The first kappa shape index (κ1) is 13.7. The molecule has 1 N–H and O–H groups in total. The van der Waals surface area contributed by atoms with Crippen molar-refractivity contribution in [3.63, 3.8) is 0 Å². The second-order valence-electron chi connectivity index (χ2n) is 4.95. The molecule has 0 spiro atoms. The standard InChI is InChI=1S/C16H23N3/c1-4-9-15(5-2)19-12-13(3)17-16(19)18-14-10-7-6-8-11-14/h6-8,10-12,15H,4-5,9H2,1-3H3,(H,17,18). The van der Waals surface area contributed by atoms with E-state index in [1.165, 1.54) is 12.8 Å². The van der Waals surface area contributed by atoms with Crippen LogP contribution in [0.1, 0.15) is 44.8 Å². The molecule has 3 nitrogen and oxygen atoms in total. The normalized spacial score (nSPS) is 12.4. The van der Waals surface area contributed by atoms with Crippen LogP contribution in [0.5, 0.6) is 0 Å². The fourth-order valence-corrected chi connectivity index (χ4v) is 2.41. The minimum atomic E-state index is 0.525. The summed E-state index contributed by atoms with van der Waals surface area (Å²) in [6.45, 7) is 6.52. The minimum Gasteiger partial charge on any atom is -0.326 e. The van der Waals surface area contributed by atoms with Crippen LogP contribution >= 0.6 is 0 Å². The summed E-state index contributed by atoms with van der Waals surface area (Å²) >= 11 is 0. The van der Waals surface area contributed by atoms with Crippen molar-refractivity contribution in [3.05, 3.63) is 42.2 Å². The number of imidazole rings is 1. The molecule has 0 bridgehead atoms. The summed E-state index contributed by atoms with van der Waals surface area (Å²) in [7, 11) is 0. The van der Waals surface area contributed by atoms with Gasteiger partial charge in [-0.3, -0.25) is 0 Å². The zero-order chi connectivity index (χ0) is 13.7. The zero-order valence-corrected chi connectivity index (χ0v) is 12.1. The van der Waals surface area contributed by atoms with E-state index in [1.807, 2.05) is 25.1 Å². The smallest absolute Gasteiger partial charge is 0.207 e. The summed E-state index contributed by atoms with van der Waals surface area (Å²) < 4.78 is 2.28. The Hall–Kier alpha value is -1.77. The van der Waals surface area contributed by atoms with E-state index in [9.17, 15) is 0 Å². The third-order valence-electron chi connectivity index (χ3n) is 3.37. The molecule has 0 saturated carbocycles. The summed E-state index contributed by atoms with van der Waals surface area (Å²) in [5, 5.41) is 3.42. The monoisotopic (exact) mass is 257 g/mol. The SMILES string of the molecule is CCCC(CC)n1cc(C)nc1Nc1ccccc1. The Morgan fingerprint density at radius 3 is 2.58 bits per heavy atom. The number of anilines is 2. The first-order chi connectivity index (χ1) is 9.24. The molecule has 3 heteroatoms. The summed E-state index contributed by atoms with van der Waals surface area (Å²) in [5.74, 6) is 0.948. The van der Waals surface area contributed by atoms with Gasteiger partial charge in [0.05, 0.1) is 5.69 Å². The molecular formula is C16H23N3. The highest BCUT2D eigenvalue weighted by molar-refractivity contribution is 5.53. The van der Waals surface area contributed by atoms with E-state index < -0.39 is 0 Å². The van der Waals surface area contributed by atoms with Crippen LogP contribution < -0.4 is 5.32 Å². The number of aromatic nitrogens is 2. The average Bonchev–Trinajstić information content (AvgIpc) is 2.78. The highest BCUT2D eigenvalue weighted by Gasteiger charge is 2.13. The van der Waals surface area contributed by atoms with Gasteiger partial charge < -0.3 is 9.88 Å². The van der Waals surface area contributed by atoms with Gasteiger partial charge in [-0.1, -0.05) is 38.5 Å². The molecular weight excluding hydrogens is 234 g/mol. The van der Waals surface area contributed by atoms with Gasteiger partial charge in [0, 0.05) is 17.9 Å². The molecule has 1 aromatic heterocycles. The number of hydrogen-bond acceptors (Lipinski definition) is 2. The quantitative estimate of drug-likeness (QED) is 0.813. The van der Waals surface area contributed by atoms with Crippen molar-refractivity contribution in [1.29, 1.82) is 0 Å². The van der Waals surface area contributed by atoms with Crippen LogP contribution in [0.25, 0.3) is 0 Å². The Labute approximate surface area is 115 Å². The summed E-state index contributed by atoms with van der Waals surface area (Å²) in [5.41, 5.74) is 2.15. The van der Waals surface area contributed by atoms with E-state index in [1.54, 1.807) is 0 Å². The predicted octanol–water partition coefficient (Wildman–Crippen LogP) is 4.69. The van der Waals surface area contributed by atoms with Gasteiger partial charge in [0.1, 0.15) is 0 Å². The van der Waals surface area contributed by atoms with Crippen LogP contribution in [0.3, 0.4) is 0 Å².